The first kappa shape index (κ1) is 9.66. The van der Waals surface area contributed by atoms with Crippen LogP contribution >= 0.6 is 0 Å². The van der Waals surface area contributed by atoms with E-state index in [1.165, 1.54) is 17.0 Å². The maximum atomic E-state index is 6.12. The highest BCUT2D eigenvalue weighted by molar-refractivity contribution is 5.39. The van der Waals surface area contributed by atoms with E-state index in [4.69, 9.17) is 10.3 Å². The zero-order chi connectivity index (χ0) is 11.1. The van der Waals surface area contributed by atoms with Gasteiger partial charge in [-0.3, -0.25) is 4.57 Å². The Hall–Kier alpha value is -1.55. The molecule has 2 aromatic rings. The van der Waals surface area contributed by atoms with Crippen molar-refractivity contribution in [2.24, 2.45) is 5.73 Å². The van der Waals surface area contributed by atoms with Crippen molar-refractivity contribution < 1.29 is 4.52 Å². The van der Waals surface area contributed by atoms with Crippen LogP contribution < -0.4 is 5.73 Å². The van der Waals surface area contributed by atoms with Crippen molar-refractivity contribution >= 4 is 0 Å². The Labute approximate surface area is 94.0 Å². The number of nitrogens with zero attached hydrogens (tertiary/aromatic N) is 2. The Kier molecular flexibility index (Phi) is 2.11. The number of aromatic nitrogens is 2. The highest BCUT2D eigenvalue weighted by atomic mass is 16.5. The maximum absolute atomic E-state index is 6.12. The molecule has 84 valence electrons. The van der Waals surface area contributed by atoms with E-state index in [-0.39, 0.29) is 6.04 Å². The molecular formula is C12H15N3O. The van der Waals surface area contributed by atoms with Gasteiger partial charge in [0.15, 0.2) is 5.82 Å². The van der Waals surface area contributed by atoms with Crippen LogP contribution in [-0.2, 0) is 6.42 Å². The molecule has 0 aromatic carbocycles. The second-order valence-corrected chi connectivity index (χ2v) is 4.38. The molecular weight excluding hydrogens is 202 g/mol. The van der Waals surface area contributed by atoms with Crippen LogP contribution in [0.4, 0.5) is 0 Å². The van der Waals surface area contributed by atoms with E-state index >= 15 is 0 Å². The van der Waals surface area contributed by atoms with Crippen LogP contribution in [0.1, 0.15) is 35.8 Å². The summed E-state index contributed by atoms with van der Waals surface area (Å²) in [5, 5.41) is 4.00. The quantitative estimate of drug-likeness (QED) is 0.795. The van der Waals surface area contributed by atoms with E-state index in [0.717, 1.165) is 25.1 Å². The third-order valence-electron chi connectivity index (χ3n) is 3.30. The topological polar surface area (TPSA) is 57.0 Å². The van der Waals surface area contributed by atoms with E-state index in [1.54, 1.807) is 6.26 Å². The number of fused-ring (bicyclic) bond motifs is 1. The Bertz CT molecular complexity index is 499. The van der Waals surface area contributed by atoms with Gasteiger partial charge in [0.2, 0.25) is 0 Å². The van der Waals surface area contributed by atoms with Crippen LogP contribution in [0, 0.1) is 6.92 Å². The predicted molar refractivity (Wildman–Crippen MR) is 60.4 cm³/mol. The Morgan fingerprint density at radius 2 is 2.44 bits per heavy atom. The molecule has 4 heteroatoms. The van der Waals surface area contributed by atoms with Gasteiger partial charge in [-0.05, 0) is 37.8 Å². The van der Waals surface area contributed by atoms with Gasteiger partial charge < -0.3 is 10.3 Å². The lowest BCUT2D eigenvalue weighted by Crippen LogP contribution is -2.18. The van der Waals surface area contributed by atoms with Gasteiger partial charge in [-0.1, -0.05) is 5.16 Å². The molecule has 0 saturated carbocycles. The smallest absolute Gasteiger partial charge is 0.180 e. The second-order valence-electron chi connectivity index (χ2n) is 4.38. The molecule has 0 bridgehead atoms. The fraction of sp³-hybridized carbons (Fsp3) is 0.417. The first-order valence-corrected chi connectivity index (χ1v) is 5.65. The predicted octanol–water partition coefficient (Wildman–Crippen LogP) is 2.11. The average molecular weight is 217 g/mol. The molecule has 0 spiro atoms. The Morgan fingerprint density at radius 3 is 3.19 bits per heavy atom. The number of hydrogen-bond acceptors (Lipinski definition) is 3. The van der Waals surface area contributed by atoms with Gasteiger partial charge in [0.1, 0.15) is 6.26 Å². The summed E-state index contributed by atoms with van der Waals surface area (Å²) < 4.78 is 7.06. The van der Waals surface area contributed by atoms with Crippen molar-refractivity contribution in [2.45, 2.75) is 32.2 Å². The highest BCUT2D eigenvalue weighted by Gasteiger charge is 2.23. The van der Waals surface area contributed by atoms with Crippen LogP contribution in [0.25, 0.3) is 5.82 Å². The van der Waals surface area contributed by atoms with Gasteiger partial charge >= 0.3 is 0 Å². The van der Waals surface area contributed by atoms with Gasteiger partial charge in [0.25, 0.3) is 0 Å². The molecule has 1 atom stereocenters. The standard InChI is InChI=1S/C12H15N3O/c1-8-7-9-10(13)3-2-4-11(9)15(8)12-5-6-16-14-12/h5-7,10H,2-4,13H2,1H3. The summed E-state index contributed by atoms with van der Waals surface area (Å²) in [4.78, 5) is 0. The summed E-state index contributed by atoms with van der Waals surface area (Å²) >= 11 is 0. The summed E-state index contributed by atoms with van der Waals surface area (Å²) in [6.45, 7) is 2.08. The molecule has 0 aliphatic heterocycles. The SMILES string of the molecule is Cc1cc2c(n1-c1ccon1)CCCC2N. The fourth-order valence-electron chi connectivity index (χ4n) is 2.58. The lowest BCUT2D eigenvalue weighted by Gasteiger charge is -2.20. The molecule has 3 rings (SSSR count). The van der Waals surface area contributed by atoms with Crippen LogP contribution in [-0.4, -0.2) is 9.72 Å². The van der Waals surface area contributed by atoms with Crippen molar-refractivity contribution in [1.82, 2.24) is 9.72 Å². The molecule has 0 radical (unpaired) electrons. The van der Waals surface area contributed by atoms with Gasteiger partial charge in [-0.15, -0.1) is 0 Å². The molecule has 4 nitrogen and oxygen atoms in total. The molecule has 2 aromatic heterocycles. The number of rotatable bonds is 1. The van der Waals surface area contributed by atoms with E-state index in [9.17, 15) is 0 Å². The zero-order valence-corrected chi connectivity index (χ0v) is 9.31. The van der Waals surface area contributed by atoms with Crippen molar-refractivity contribution in [3.8, 4) is 5.82 Å². The van der Waals surface area contributed by atoms with Crippen molar-refractivity contribution in [3.05, 3.63) is 35.3 Å². The highest BCUT2D eigenvalue weighted by Crippen LogP contribution is 2.32. The number of nitrogens with two attached hydrogens (primary N) is 1. The third kappa shape index (κ3) is 1.30. The summed E-state index contributed by atoms with van der Waals surface area (Å²) in [5.41, 5.74) is 9.87. The molecule has 0 amide bonds. The maximum Gasteiger partial charge on any atom is 0.180 e. The molecule has 1 unspecified atom stereocenters. The first-order chi connectivity index (χ1) is 7.77. The Morgan fingerprint density at radius 1 is 1.56 bits per heavy atom. The molecule has 0 fully saturated rings. The van der Waals surface area contributed by atoms with Crippen molar-refractivity contribution in [2.75, 3.05) is 0 Å². The summed E-state index contributed by atoms with van der Waals surface area (Å²) in [7, 11) is 0. The van der Waals surface area contributed by atoms with Crippen LogP contribution in [0.5, 0.6) is 0 Å². The van der Waals surface area contributed by atoms with E-state index in [0.29, 0.717) is 0 Å². The normalized spacial score (nSPS) is 19.8. The van der Waals surface area contributed by atoms with Gasteiger partial charge in [-0.25, -0.2) is 0 Å². The molecule has 16 heavy (non-hydrogen) atoms. The van der Waals surface area contributed by atoms with Crippen LogP contribution in [0.3, 0.4) is 0 Å². The lowest BCUT2D eigenvalue weighted by atomic mass is 9.93. The molecule has 1 aliphatic carbocycles. The van der Waals surface area contributed by atoms with Crippen molar-refractivity contribution in [1.29, 1.82) is 0 Å². The minimum atomic E-state index is 0.176. The molecule has 1 aliphatic rings. The lowest BCUT2D eigenvalue weighted by molar-refractivity contribution is 0.415. The zero-order valence-electron chi connectivity index (χ0n) is 9.31. The first-order valence-electron chi connectivity index (χ1n) is 5.65. The molecule has 2 heterocycles. The number of aryl methyl sites for hydroxylation is 1. The van der Waals surface area contributed by atoms with Crippen LogP contribution in [0.15, 0.2) is 22.9 Å². The second kappa shape index (κ2) is 3.49. The average Bonchev–Trinajstić information content (AvgIpc) is 2.85. The Balaban J connectivity index is 2.19. The van der Waals surface area contributed by atoms with Crippen molar-refractivity contribution in [3.63, 3.8) is 0 Å². The minimum Gasteiger partial charge on any atom is -0.363 e. The van der Waals surface area contributed by atoms with E-state index < -0.39 is 0 Å². The summed E-state index contributed by atoms with van der Waals surface area (Å²) in [5.74, 6) is 0.854. The van der Waals surface area contributed by atoms with E-state index in [2.05, 4.69) is 22.7 Å². The summed E-state index contributed by atoms with van der Waals surface area (Å²) in [6, 6.07) is 4.23. The largest absolute Gasteiger partial charge is 0.363 e. The minimum absolute atomic E-state index is 0.176. The van der Waals surface area contributed by atoms with Crippen LogP contribution in [0.2, 0.25) is 0 Å². The van der Waals surface area contributed by atoms with Gasteiger partial charge in [0, 0.05) is 23.5 Å². The summed E-state index contributed by atoms with van der Waals surface area (Å²) in [6.07, 6.45) is 4.90. The third-order valence-corrected chi connectivity index (χ3v) is 3.30. The van der Waals surface area contributed by atoms with Gasteiger partial charge in [0.05, 0.1) is 0 Å². The number of hydrogen-bond donors (Lipinski definition) is 1. The molecule has 2 N–H and O–H groups in total. The fourth-order valence-corrected chi connectivity index (χ4v) is 2.58. The van der Waals surface area contributed by atoms with Gasteiger partial charge in [-0.2, -0.15) is 0 Å². The molecule has 0 saturated heterocycles. The monoisotopic (exact) mass is 217 g/mol. The van der Waals surface area contributed by atoms with E-state index in [1.807, 2.05) is 6.07 Å².